The van der Waals surface area contributed by atoms with Crippen LogP contribution in [0.4, 0.5) is 0 Å². The molecule has 0 aromatic rings. The Labute approximate surface area is 163 Å². The first-order valence-corrected chi connectivity index (χ1v) is 10.5. The zero-order chi connectivity index (χ0) is 20.4. The van der Waals surface area contributed by atoms with Crippen LogP contribution in [0.3, 0.4) is 0 Å². The van der Waals surface area contributed by atoms with Gasteiger partial charge >= 0.3 is 11.9 Å². The Hall–Kier alpha value is -1.14. The molecule has 4 unspecified atom stereocenters. The zero-order valence-corrected chi connectivity index (χ0v) is 17.6. The standard InChI is InChI=1S/C21H38O6/c1-6-8-9-10-11-12-17(13-19(23)24)26-21-20(25-16(5)22)15(4)14(3)18(7-2)27-21/h14-15,17-18,20-21H,6-13H2,1-5H3,(H,23,24)/t14-,15-,17?,18?,20?,21?/m0/s1. The lowest BCUT2D eigenvalue weighted by atomic mass is 9.82. The van der Waals surface area contributed by atoms with Crippen molar-refractivity contribution in [1.82, 2.24) is 0 Å². The number of ether oxygens (including phenoxy) is 3. The Kier molecular flexibility index (Phi) is 10.9. The van der Waals surface area contributed by atoms with Gasteiger partial charge in [0.1, 0.15) is 0 Å². The molecule has 0 bridgehead atoms. The maximum absolute atomic E-state index is 11.6. The summed E-state index contributed by atoms with van der Waals surface area (Å²) in [6.45, 7) is 9.73. The third-order valence-electron chi connectivity index (χ3n) is 5.57. The largest absolute Gasteiger partial charge is 0.481 e. The highest BCUT2D eigenvalue weighted by Gasteiger charge is 2.44. The molecule has 1 fully saturated rings. The average Bonchev–Trinajstić information content (AvgIpc) is 2.60. The van der Waals surface area contributed by atoms with Crippen LogP contribution in [0.15, 0.2) is 0 Å². The summed E-state index contributed by atoms with van der Waals surface area (Å²) in [4.78, 5) is 22.8. The summed E-state index contributed by atoms with van der Waals surface area (Å²) in [6.07, 6.45) is 5.27. The zero-order valence-electron chi connectivity index (χ0n) is 17.6. The van der Waals surface area contributed by atoms with E-state index in [9.17, 15) is 14.7 Å². The molecule has 27 heavy (non-hydrogen) atoms. The van der Waals surface area contributed by atoms with Crippen LogP contribution in [-0.4, -0.2) is 41.6 Å². The monoisotopic (exact) mass is 386 g/mol. The van der Waals surface area contributed by atoms with E-state index in [0.717, 1.165) is 25.7 Å². The minimum absolute atomic E-state index is 0.00633. The van der Waals surface area contributed by atoms with E-state index in [4.69, 9.17) is 14.2 Å². The second-order valence-corrected chi connectivity index (χ2v) is 7.80. The maximum Gasteiger partial charge on any atom is 0.305 e. The summed E-state index contributed by atoms with van der Waals surface area (Å²) in [5.41, 5.74) is 0. The van der Waals surface area contributed by atoms with Gasteiger partial charge in [-0.1, -0.05) is 59.8 Å². The first kappa shape index (κ1) is 23.9. The van der Waals surface area contributed by atoms with E-state index in [1.807, 2.05) is 6.92 Å². The summed E-state index contributed by atoms with van der Waals surface area (Å²) in [5.74, 6) is -0.957. The van der Waals surface area contributed by atoms with Crippen molar-refractivity contribution in [3.05, 3.63) is 0 Å². The first-order chi connectivity index (χ1) is 12.8. The molecule has 0 radical (unpaired) electrons. The molecule has 1 aliphatic rings. The van der Waals surface area contributed by atoms with Crippen LogP contribution in [0, 0.1) is 11.8 Å². The molecule has 6 heteroatoms. The van der Waals surface area contributed by atoms with E-state index >= 15 is 0 Å². The molecular formula is C21H38O6. The number of esters is 1. The maximum atomic E-state index is 11.6. The van der Waals surface area contributed by atoms with Crippen molar-refractivity contribution in [3.8, 4) is 0 Å². The van der Waals surface area contributed by atoms with Gasteiger partial charge in [0.2, 0.25) is 0 Å². The van der Waals surface area contributed by atoms with Crippen LogP contribution in [0.1, 0.15) is 86.0 Å². The van der Waals surface area contributed by atoms with Gasteiger partial charge in [-0.2, -0.15) is 0 Å². The predicted octanol–water partition coefficient (Wildman–Crippen LogP) is 4.55. The van der Waals surface area contributed by atoms with Crippen molar-refractivity contribution in [2.24, 2.45) is 11.8 Å². The molecule has 158 valence electrons. The van der Waals surface area contributed by atoms with Crippen LogP contribution in [0.25, 0.3) is 0 Å². The Morgan fingerprint density at radius 3 is 2.30 bits per heavy atom. The van der Waals surface area contributed by atoms with Crippen LogP contribution in [-0.2, 0) is 23.8 Å². The molecule has 0 saturated carbocycles. The van der Waals surface area contributed by atoms with Gasteiger partial charge in [0, 0.05) is 12.8 Å². The fourth-order valence-electron chi connectivity index (χ4n) is 3.77. The summed E-state index contributed by atoms with van der Waals surface area (Å²) >= 11 is 0. The lowest BCUT2D eigenvalue weighted by molar-refractivity contribution is -0.288. The molecular weight excluding hydrogens is 348 g/mol. The molecule has 1 rings (SSSR count). The van der Waals surface area contributed by atoms with Gasteiger partial charge in [-0.3, -0.25) is 9.59 Å². The molecule has 0 spiro atoms. The molecule has 0 aromatic carbocycles. The van der Waals surface area contributed by atoms with Gasteiger partial charge in [-0.15, -0.1) is 0 Å². The number of carboxylic acid groups (broad SMARTS) is 1. The van der Waals surface area contributed by atoms with Gasteiger partial charge in [0.05, 0.1) is 18.6 Å². The van der Waals surface area contributed by atoms with E-state index in [0.29, 0.717) is 6.42 Å². The van der Waals surface area contributed by atoms with Crippen LogP contribution in [0.5, 0.6) is 0 Å². The molecule has 0 amide bonds. The number of carbonyl (C=O) groups is 2. The lowest BCUT2D eigenvalue weighted by Gasteiger charge is -2.44. The van der Waals surface area contributed by atoms with E-state index in [2.05, 4.69) is 20.8 Å². The molecule has 1 saturated heterocycles. The molecule has 6 atom stereocenters. The molecule has 1 aliphatic heterocycles. The number of hydrogen-bond acceptors (Lipinski definition) is 5. The van der Waals surface area contributed by atoms with Gasteiger partial charge in [-0.05, 0) is 18.8 Å². The number of hydrogen-bond donors (Lipinski definition) is 1. The van der Waals surface area contributed by atoms with Crippen LogP contribution >= 0.6 is 0 Å². The summed E-state index contributed by atoms with van der Waals surface area (Å²) in [7, 11) is 0. The van der Waals surface area contributed by atoms with Crippen molar-refractivity contribution >= 4 is 11.9 Å². The van der Waals surface area contributed by atoms with Gasteiger partial charge in [-0.25, -0.2) is 0 Å². The number of aliphatic carboxylic acids is 1. The smallest absolute Gasteiger partial charge is 0.305 e. The number of carbonyl (C=O) groups excluding carboxylic acids is 1. The van der Waals surface area contributed by atoms with Crippen molar-refractivity contribution < 1.29 is 28.9 Å². The number of carboxylic acids is 1. The Bertz CT molecular complexity index is 452. The summed E-state index contributed by atoms with van der Waals surface area (Å²) in [5, 5.41) is 9.25. The molecule has 1 heterocycles. The van der Waals surface area contributed by atoms with Crippen molar-refractivity contribution in [2.75, 3.05) is 0 Å². The average molecular weight is 387 g/mol. The van der Waals surface area contributed by atoms with Crippen LogP contribution < -0.4 is 0 Å². The topological polar surface area (TPSA) is 82.1 Å². The minimum Gasteiger partial charge on any atom is -0.481 e. The van der Waals surface area contributed by atoms with Crippen molar-refractivity contribution in [1.29, 1.82) is 0 Å². The number of unbranched alkanes of at least 4 members (excludes halogenated alkanes) is 4. The Balaban J connectivity index is 2.79. The molecule has 1 N–H and O–H groups in total. The van der Waals surface area contributed by atoms with Crippen molar-refractivity contribution in [3.63, 3.8) is 0 Å². The van der Waals surface area contributed by atoms with Gasteiger partial charge in [0.15, 0.2) is 12.4 Å². The second-order valence-electron chi connectivity index (χ2n) is 7.80. The predicted molar refractivity (Wildman–Crippen MR) is 103 cm³/mol. The third-order valence-corrected chi connectivity index (χ3v) is 5.57. The normalized spacial score (nSPS) is 29.3. The fourth-order valence-corrected chi connectivity index (χ4v) is 3.77. The third kappa shape index (κ3) is 8.18. The molecule has 0 aromatic heterocycles. The fraction of sp³-hybridized carbons (Fsp3) is 0.905. The minimum atomic E-state index is -0.887. The van der Waals surface area contributed by atoms with E-state index < -0.39 is 24.5 Å². The summed E-state index contributed by atoms with van der Waals surface area (Å²) < 4.78 is 17.7. The molecule has 0 aliphatic carbocycles. The Morgan fingerprint density at radius 2 is 1.74 bits per heavy atom. The second kappa shape index (κ2) is 12.3. The highest BCUT2D eigenvalue weighted by atomic mass is 16.7. The van der Waals surface area contributed by atoms with E-state index in [-0.39, 0.29) is 30.3 Å². The highest BCUT2D eigenvalue weighted by molar-refractivity contribution is 5.67. The van der Waals surface area contributed by atoms with E-state index in [1.54, 1.807) is 0 Å². The van der Waals surface area contributed by atoms with Gasteiger partial charge in [0.25, 0.3) is 0 Å². The van der Waals surface area contributed by atoms with E-state index in [1.165, 1.54) is 19.8 Å². The van der Waals surface area contributed by atoms with Crippen molar-refractivity contribution in [2.45, 2.75) is 111 Å². The lowest BCUT2D eigenvalue weighted by Crippen LogP contribution is -2.52. The number of rotatable bonds is 12. The highest BCUT2D eigenvalue weighted by Crippen LogP contribution is 2.35. The van der Waals surface area contributed by atoms with Gasteiger partial charge < -0.3 is 19.3 Å². The Morgan fingerprint density at radius 1 is 1.07 bits per heavy atom. The molecule has 6 nitrogen and oxygen atoms in total. The summed E-state index contributed by atoms with van der Waals surface area (Å²) in [6, 6.07) is 0. The quantitative estimate of drug-likeness (QED) is 0.391. The SMILES string of the molecule is CCCCCCCC(CC(=O)O)OC1OC(CC)[C@@H](C)[C@H](C)C1OC(C)=O. The first-order valence-electron chi connectivity index (χ1n) is 10.5. The van der Waals surface area contributed by atoms with Crippen LogP contribution in [0.2, 0.25) is 0 Å².